The highest BCUT2D eigenvalue weighted by atomic mass is 16.5. The van der Waals surface area contributed by atoms with Crippen molar-refractivity contribution in [1.29, 1.82) is 0 Å². The number of anilines is 2. The summed E-state index contributed by atoms with van der Waals surface area (Å²) < 4.78 is 5.08. The summed E-state index contributed by atoms with van der Waals surface area (Å²) in [5, 5.41) is 9.64. The number of urea groups is 1. The fourth-order valence-electron chi connectivity index (χ4n) is 3.23. The van der Waals surface area contributed by atoms with Crippen LogP contribution in [0.25, 0.3) is 0 Å². The molecule has 1 fully saturated rings. The minimum absolute atomic E-state index is 0.0629. The monoisotopic (exact) mass is 370 g/mol. The van der Waals surface area contributed by atoms with Gasteiger partial charge < -0.3 is 20.1 Å². The van der Waals surface area contributed by atoms with Crippen LogP contribution in [-0.4, -0.2) is 35.1 Å². The molecule has 0 radical (unpaired) electrons. The second-order valence-corrected chi connectivity index (χ2v) is 6.94. The SMILES string of the molecule is Cc1noc(C)c1CC(=O)Nc1ccc(NC(=O)N2CCCCCC2)cc1. The van der Waals surface area contributed by atoms with Crippen molar-refractivity contribution in [3.8, 4) is 0 Å². The number of benzene rings is 1. The van der Waals surface area contributed by atoms with Gasteiger partial charge in [0.2, 0.25) is 5.91 Å². The number of carbonyl (C=O) groups excluding carboxylic acids is 2. The molecule has 2 aromatic rings. The number of hydrogen-bond donors (Lipinski definition) is 2. The summed E-state index contributed by atoms with van der Waals surface area (Å²) in [7, 11) is 0. The number of amides is 3. The Kier molecular flexibility index (Phi) is 6.11. The van der Waals surface area contributed by atoms with Crippen molar-refractivity contribution in [3.05, 3.63) is 41.3 Å². The third-order valence-corrected chi connectivity index (χ3v) is 4.83. The fourth-order valence-corrected chi connectivity index (χ4v) is 3.23. The van der Waals surface area contributed by atoms with Gasteiger partial charge in [-0.15, -0.1) is 0 Å². The highest BCUT2D eigenvalue weighted by Gasteiger charge is 2.16. The maximum Gasteiger partial charge on any atom is 0.321 e. The maximum atomic E-state index is 12.4. The predicted octanol–water partition coefficient (Wildman–Crippen LogP) is 3.88. The molecule has 2 heterocycles. The zero-order chi connectivity index (χ0) is 19.2. The van der Waals surface area contributed by atoms with Gasteiger partial charge in [-0.25, -0.2) is 4.79 Å². The molecule has 1 aromatic heterocycles. The van der Waals surface area contributed by atoms with Gasteiger partial charge in [-0.2, -0.15) is 0 Å². The molecule has 0 saturated carbocycles. The lowest BCUT2D eigenvalue weighted by Gasteiger charge is -2.20. The van der Waals surface area contributed by atoms with Crippen LogP contribution in [0.4, 0.5) is 16.2 Å². The molecule has 1 aliphatic rings. The molecular weight excluding hydrogens is 344 g/mol. The minimum Gasteiger partial charge on any atom is -0.361 e. The average Bonchev–Trinajstić information content (AvgIpc) is 2.86. The van der Waals surface area contributed by atoms with Crippen LogP contribution >= 0.6 is 0 Å². The zero-order valence-electron chi connectivity index (χ0n) is 15.9. The normalized spacial score (nSPS) is 14.5. The van der Waals surface area contributed by atoms with E-state index in [4.69, 9.17) is 4.52 Å². The number of likely N-dealkylation sites (tertiary alicyclic amines) is 1. The van der Waals surface area contributed by atoms with Crippen molar-refractivity contribution < 1.29 is 14.1 Å². The molecule has 0 unspecified atom stereocenters. The summed E-state index contributed by atoms with van der Waals surface area (Å²) >= 11 is 0. The summed E-state index contributed by atoms with van der Waals surface area (Å²) in [5.41, 5.74) is 2.94. The number of rotatable bonds is 4. The van der Waals surface area contributed by atoms with Crippen molar-refractivity contribution in [2.75, 3.05) is 23.7 Å². The van der Waals surface area contributed by atoms with Crippen LogP contribution in [0.5, 0.6) is 0 Å². The number of aromatic nitrogens is 1. The van der Waals surface area contributed by atoms with Gasteiger partial charge in [-0.1, -0.05) is 18.0 Å². The Balaban J connectivity index is 1.53. The van der Waals surface area contributed by atoms with Gasteiger partial charge in [0.25, 0.3) is 0 Å². The number of nitrogens with one attached hydrogen (secondary N) is 2. The largest absolute Gasteiger partial charge is 0.361 e. The Hall–Kier alpha value is -2.83. The van der Waals surface area contributed by atoms with Gasteiger partial charge in [0.15, 0.2) is 0 Å². The minimum atomic E-state index is -0.134. The van der Waals surface area contributed by atoms with Crippen LogP contribution in [0.2, 0.25) is 0 Å². The van der Waals surface area contributed by atoms with E-state index in [1.165, 1.54) is 12.8 Å². The molecule has 27 heavy (non-hydrogen) atoms. The highest BCUT2D eigenvalue weighted by molar-refractivity contribution is 5.93. The first-order valence-corrected chi connectivity index (χ1v) is 9.40. The highest BCUT2D eigenvalue weighted by Crippen LogP contribution is 2.17. The lowest BCUT2D eigenvalue weighted by molar-refractivity contribution is -0.115. The Morgan fingerprint density at radius 3 is 2.15 bits per heavy atom. The second kappa shape index (κ2) is 8.70. The van der Waals surface area contributed by atoms with Crippen LogP contribution in [0.3, 0.4) is 0 Å². The molecule has 1 aromatic carbocycles. The molecule has 7 heteroatoms. The first-order chi connectivity index (χ1) is 13.0. The van der Waals surface area contributed by atoms with E-state index < -0.39 is 0 Å². The molecule has 1 saturated heterocycles. The Labute approximate surface area is 159 Å². The topological polar surface area (TPSA) is 87.5 Å². The molecule has 7 nitrogen and oxygen atoms in total. The van der Waals surface area contributed by atoms with Crippen molar-refractivity contribution in [2.24, 2.45) is 0 Å². The van der Waals surface area contributed by atoms with Crippen molar-refractivity contribution in [2.45, 2.75) is 46.0 Å². The maximum absolute atomic E-state index is 12.4. The molecule has 2 N–H and O–H groups in total. The van der Waals surface area contributed by atoms with Crippen LogP contribution in [0.1, 0.15) is 42.7 Å². The predicted molar refractivity (Wildman–Crippen MR) is 104 cm³/mol. The lowest BCUT2D eigenvalue weighted by atomic mass is 10.1. The van der Waals surface area contributed by atoms with Gasteiger partial charge >= 0.3 is 6.03 Å². The van der Waals surface area contributed by atoms with E-state index in [1.807, 2.05) is 11.8 Å². The van der Waals surface area contributed by atoms with Gasteiger partial charge in [0.1, 0.15) is 5.76 Å². The van der Waals surface area contributed by atoms with E-state index in [-0.39, 0.29) is 18.4 Å². The van der Waals surface area contributed by atoms with E-state index in [0.717, 1.165) is 37.2 Å². The lowest BCUT2D eigenvalue weighted by Crippen LogP contribution is -2.35. The molecular formula is C20H26N4O3. The van der Waals surface area contributed by atoms with E-state index in [1.54, 1.807) is 31.2 Å². The summed E-state index contributed by atoms with van der Waals surface area (Å²) in [4.78, 5) is 26.5. The summed E-state index contributed by atoms with van der Waals surface area (Å²) in [6.45, 7) is 5.23. The summed E-state index contributed by atoms with van der Waals surface area (Å²) in [6, 6.07) is 7.08. The second-order valence-electron chi connectivity index (χ2n) is 6.94. The van der Waals surface area contributed by atoms with Gasteiger partial charge in [-0.05, 0) is 51.0 Å². The molecule has 1 aliphatic heterocycles. The molecule has 0 spiro atoms. The van der Waals surface area contributed by atoms with Gasteiger partial charge in [0, 0.05) is 30.0 Å². The molecule has 0 bridgehead atoms. The van der Waals surface area contributed by atoms with Crippen LogP contribution in [-0.2, 0) is 11.2 Å². The van der Waals surface area contributed by atoms with E-state index >= 15 is 0 Å². The number of carbonyl (C=O) groups is 2. The molecule has 3 amide bonds. The van der Waals surface area contributed by atoms with Gasteiger partial charge in [0.05, 0.1) is 12.1 Å². The smallest absolute Gasteiger partial charge is 0.321 e. The Morgan fingerprint density at radius 2 is 1.59 bits per heavy atom. The van der Waals surface area contributed by atoms with Crippen molar-refractivity contribution in [1.82, 2.24) is 10.1 Å². The van der Waals surface area contributed by atoms with E-state index in [9.17, 15) is 9.59 Å². The first-order valence-electron chi connectivity index (χ1n) is 9.40. The third-order valence-electron chi connectivity index (χ3n) is 4.83. The first kappa shape index (κ1) is 18.9. The van der Waals surface area contributed by atoms with E-state index in [2.05, 4.69) is 15.8 Å². The molecule has 0 aliphatic carbocycles. The average molecular weight is 370 g/mol. The molecule has 0 atom stereocenters. The molecule has 144 valence electrons. The number of aryl methyl sites for hydroxylation is 2. The zero-order valence-corrected chi connectivity index (χ0v) is 15.9. The quantitative estimate of drug-likeness (QED) is 0.855. The van der Waals surface area contributed by atoms with Crippen LogP contribution < -0.4 is 10.6 Å². The molecule has 3 rings (SSSR count). The van der Waals surface area contributed by atoms with Crippen molar-refractivity contribution in [3.63, 3.8) is 0 Å². The Bertz CT molecular complexity index is 771. The van der Waals surface area contributed by atoms with Crippen LogP contribution in [0, 0.1) is 13.8 Å². The van der Waals surface area contributed by atoms with Gasteiger partial charge in [-0.3, -0.25) is 4.79 Å². The summed E-state index contributed by atoms with van der Waals surface area (Å²) in [5.74, 6) is 0.528. The standard InChI is InChI=1S/C20H26N4O3/c1-14-18(15(2)27-23-14)13-19(25)21-16-7-9-17(10-8-16)22-20(26)24-11-5-3-4-6-12-24/h7-10H,3-6,11-13H2,1-2H3,(H,21,25)(H,22,26). The number of nitrogens with zero attached hydrogens (tertiary/aromatic N) is 2. The third kappa shape index (κ3) is 5.09. The summed E-state index contributed by atoms with van der Waals surface area (Å²) in [6.07, 6.45) is 4.71. The number of hydrogen-bond acceptors (Lipinski definition) is 4. The Morgan fingerprint density at radius 1 is 1.00 bits per heavy atom. The van der Waals surface area contributed by atoms with Crippen molar-refractivity contribution >= 4 is 23.3 Å². The fraction of sp³-hybridized carbons (Fsp3) is 0.450. The van der Waals surface area contributed by atoms with E-state index in [0.29, 0.717) is 17.1 Å². The van der Waals surface area contributed by atoms with Crippen LogP contribution in [0.15, 0.2) is 28.8 Å².